The van der Waals surface area contributed by atoms with Crippen LogP contribution in [-0.4, -0.2) is 25.9 Å². The summed E-state index contributed by atoms with van der Waals surface area (Å²) in [6.07, 6.45) is 1.71. The number of aromatic nitrogens is 3. The van der Waals surface area contributed by atoms with Crippen molar-refractivity contribution in [3.05, 3.63) is 48.3 Å². The molecular weight excluding hydrogens is 322 g/mol. The third-order valence-corrected chi connectivity index (χ3v) is 4.13. The van der Waals surface area contributed by atoms with Gasteiger partial charge < -0.3 is 9.88 Å². The van der Waals surface area contributed by atoms with Crippen molar-refractivity contribution in [2.75, 3.05) is 5.32 Å². The second-order valence-electron chi connectivity index (χ2n) is 4.80. The molecule has 1 aromatic heterocycles. The van der Waals surface area contributed by atoms with Crippen LogP contribution in [0.1, 0.15) is 12.7 Å². The van der Waals surface area contributed by atoms with Crippen LogP contribution >= 0.6 is 11.8 Å². The van der Waals surface area contributed by atoms with E-state index in [2.05, 4.69) is 22.1 Å². The van der Waals surface area contributed by atoms with E-state index in [1.165, 1.54) is 17.8 Å². The number of anilines is 1. The maximum Gasteiger partial charge on any atom is 0.237 e. The van der Waals surface area contributed by atoms with Crippen molar-refractivity contribution in [3.8, 4) is 0 Å². The monoisotopic (exact) mass is 338 g/mol. The lowest BCUT2D eigenvalue weighted by atomic mass is 10.3. The van der Waals surface area contributed by atoms with E-state index in [0.717, 1.165) is 12.1 Å². The van der Waals surface area contributed by atoms with Crippen molar-refractivity contribution < 1.29 is 13.6 Å². The van der Waals surface area contributed by atoms with Crippen LogP contribution in [-0.2, 0) is 11.3 Å². The maximum atomic E-state index is 13.6. The van der Waals surface area contributed by atoms with Crippen molar-refractivity contribution in [1.82, 2.24) is 14.8 Å². The van der Waals surface area contributed by atoms with E-state index in [1.54, 1.807) is 19.9 Å². The molecule has 5 nitrogen and oxygen atoms in total. The fourth-order valence-corrected chi connectivity index (χ4v) is 2.73. The van der Waals surface area contributed by atoms with Crippen LogP contribution in [0.5, 0.6) is 0 Å². The zero-order chi connectivity index (χ0) is 17.0. The van der Waals surface area contributed by atoms with Gasteiger partial charge in [0.1, 0.15) is 17.5 Å². The zero-order valence-corrected chi connectivity index (χ0v) is 13.5. The van der Waals surface area contributed by atoms with Gasteiger partial charge in [0.25, 0.3) is 0 Å². The summed E-state index contributed by atoms with van der Waals surface area (Å²) in [4.78, 5) is 12.2. The third kappa shape index (κ3) is 4.16. The zero-order valence-electron chi connectivity index (χ0n) is 12.7. The molecule has 1 amide bonds. The van der Waals surface area contributed by atoms with Crippen LogP contribution in [0.25, 0.3) is 0 Å². The number of aryl methyl sites for hydroxylation is 1. The van der Waals surface area contributed by atoms with Gasteiger partial charge >= 0.3 is 0 Å². The number of thioether (sulfide) groups is 1. The van der Waals surface area contributed by atoms with Crippen molar-refractivity contribution in [2.24, 2.45) is 0 Å². The summed E-state index contributed by atoms with van der Waals surface area (Å²) in [6.45, 7) is 7.67. The number of benzene rings is 1. The summed E-state index contributed by atoms with van der Waals surface area (Å²) in [7, 11) is 0. The smallest absolute Gasteiger partial charge is 0.237 e. The molecule has 0 radical (unpaired) electrons. The summed E-state index contributed by atoms with van der Waals surface area (Å²) in [5.41, 5.74) is -0.0624. The minimum absolute atomic E-state index is 0.0624. The van der Waals surface area contributed by atoms with Crippen molar-refractivity contribution in [3.63, 3.8) is 0 Å². The molecule has 0 spiro atoms. The SMILES string of the molecule is C=CCn1c(C)nnc1S[C@@H](C)C(=O)Nc1ccc(F)cc1F. The van der Waals surface area contributed by atoms with E-state index in [9.17, 15) is 13.6 Å². The first-order valence-electron chi connectivity index (χ1n) is 6.85. The lowest BCUT2D eigenvalue weighted by molar-refractivity contribution is -0.115. The van der Waals surface area contributed by atoms with Gasteiger partial charge in [0, 0.05) is 12.6 Å². The molecule has 1 heterocycles. The molecule has 23 heavy (non-hydrogen) atoms. The highest BCUT2D eigenvalue weighted by Crippen LogP contribution is 2.24. The lowest BCUT2D eigenvalue weighted by Crippen LogP contribution is -2.23. The number of carbonyl (C=O) groups is 1. The highest BCUT2D eigenvalue weighted by atomic mass is 32.2. The molecule has 0 saturated heterocycles. The number of carbonyl (C=O) groups excluding carboxylic acids is 1. The Hall–Kier alpha value is -2.22. The Morgan fingerprint density at radius 3 is 2.87 bits per heavy atom. The van der Waals surface area contributed by atoms with E-state index < -0.39 is 22.8 Å². The Morgan fingerprint density at radius 2 is 2.22 bits per heavy atom. The first kappa shape index (κ1) is 17.1. The van der Waals surface area contributed by atoms with E-state index in [4.69, 9.17) is 0 Å². The highest BCUT2D eigenvalue weighted by molar-refractivity contribution is 8.00. The molecule has 0 saturated carbocycles. The Labute approximate surface area is 136 Å². The molecule has 8 heteroatoms. The Bertz CT molecular complexity index is 732. The number of nitrogens with zero attached hydrogens (tertiary/aromatic N) is 3. The topological polar surface area (TPSA) is 59.8 Å². The summed E-state index contributed by atoms with van der Waals surface area (Å²) >= 11 is 1.20. The molecule has 1 atom stereocenters. The fraction of sp³-hybridized carbons (Fsp3) is 0.267. The summed E-state index contributed by atoms with van der Waals surface area (Å²) in [5, 5.41) is 10.5. The second-order valence-corrected chi connectivity index (χ2v) is 6.11. The number of amides is 1. The largest absolute Gasteiger partial charge is 0.323 e. The van der Waals surface area contributed by atoms with E-state index in [0.29, 0.717) is 17.5 Å². The first-order valence-corrected chi connectivity index (χ1v) is 7.73. The van der Waals surface area contributed by atoms with Crippen LogP contribution in [0, 0.1) is 18.6 Å². The quantitative estimate of drug-likeness (QED) is 0.649. The van der Waals surface area contributed by atoms with Gasteiger partial charge in [-0.15, -0.1) is 16.8 Å². The van der Waals surface area contributed by atoms with Crippen LogP contribution in [0.4, 0.5) is 14.5 Å². The molecule has 122 valence electrons. The summed E-state index contributed by atoms with van der Waals surface area (Å²) in [6, 6.07) is 2.99. The Balaban J connectivity index is 2.07. The highest BCUT2D eigenvalue weighted by Gasteiger charge is 2.20. The van der Waals surface area contributed by atoms with E-state index in [-0.39, 0.29) is 5.69 Å². The van der Waals surface area contributed by atoms with Crippen LogP contribution in [0.2, 0.25) is 0 Å². The molecule has 1 N–H and O–H groups in total. The number of halogens is 2. The van der Waals surface area contributed by atoms with Gasteiger partial charge in [0.2, 0.25) is 5.91 Å². The molecular formula is C15H16F2N4OS. The molecule has 0 unspecified atom stereocenters. The van der Waals surface area contributed by atoms with Gasteiger partial charge in [-0.1, -0.05) is 17.8 Å². The van der Waals surface area contributed by atoms with E-state index >= 15 is 0 Å². The van der Waals surface area contributed by atoms with Crippen molar-refractivity contribution in [2.45, 2.75) is 30.8 Å². The predicted octanol–water partition coefficient (Wildman–Crippen LogP) is 3.17. The number of hydrogen-bond donors (Lipinski definition) is 1. The Kier molecular flexibility index (Phi) is 5.49. The molecule has 0 fully saturated rings. The van der Waals surface area contributed by atoms with Gasteiger partial charge in [-0.25, -0.2) is 8.78 Å². The third-order valence-electron chi connectivity index (χ3n) is 3.05. The van der Waals surface area contributed by atoms with Crippen LogP contribution in [0.15, 0.2) is 36.0 Å². The first-order chi connectivity index (χ1) is 10.9. The van der Waals surface area contributed by atoms with Gasteiger partial charge in [0.05, 0.1) is 10.9 Å². The lowest BCUT2D eigenvalue weighted by Gasteiger charge is -2.12. The average molecular weight is 338 g/mol. The second kappa shape index (κ2) is 7.36. The molecule has 1 aromatic carbocycles. The van der Waals surface area contributed by atoms with Crippen LogP contribution in [0.3, 0.4) is 0 Å². The standard InChI is InChI=1S/C15H16F2N4OS/c1-4-7-21-10(3)19-20-15(21)23-9(2)14(22)18-13-6-5-11(16)8-12(13)17/h4-6,8-9H,1,7H2,2-3H3,(H,18,22)/t9-/m0/s1. The maximum absolute atomic E-state index is 13.6. The molecule has 2 aromatic rings. The van der Waals surface area contributed by atoms with Crippen molar-refractivity contribution >= 4 is 23.4 Å². The fourth-order valence-electron chi connectivity index (χ4n) is 1.82. The normalized spacial score (nSPS) is 12.0. The molecule has 0 aliphatic rings. The molecule has 0 aliphatic carbocycles. The van der Waals surface area contributed by atoms with E-state index in [1.807, 2.05) is 4.57 Å². The molecule has 2 rings (SSSR count). The Morgan fingerprint density at radius 1 is 1.48 bits per heavy atom. The van der Waals surface area contributed by atoms with Gasteiger partial charge in [-0.2, -0.15) is 0 Å². The van der Waals surface area contributed by atoms with Crippen molar-refractivity contribution in [1.29, 1.82) is 0 Å². The summed E-state index contributed by atoms with van der Waals surface area (Å²) < 4.78 is 28.3. The number of rotatable bonds is 6. The predicted molar refractivity (Wildman–Crippen MR) is 85.3 cm³/mol. The van der Waals surface area contributed by atoms with Gasteiger partial charge in [-0.05, 0) is 26.0 Å². The molecule has 0 aliphatic heterocycles. The minimum Gasteiger partial charge on any atom is -0.323 e. The van der Waals surface area contributed by atoms with Gasteiger partial charge in [-0.3, -0.25) is 4.79 Å². The number of hydrogen-bond acceptors (Lipinski definition) is 4. The minimum atomic E-state index is -0.818. The van der Waals surface area contributed by atoms with Crippen LogP contribution < -0.4 is 5.32 Å². The average Bonchev–Trinajstić information content (AvgIpc) is 2.83. The summed E-state index contributed by atoms with van der Waals surface area (Å²) in [5.74, 6) is -1.21. The van der Waals surface area contributed by atoms with Gasteiger partial charge in [0.15, 0.2) is 5.16 Å². The molecule has 0 bridgehead atoms. The number of allylic oxidation sites excluding steroid dienone is 1. The number of nitrogens with one attached hydrogen (secondary N) is 1.